The van der Waals surface area contributed by atoms with E-state index in [1.807, 2.05) is 27.7 Å². The molecule has 0 bridgehead atoms. The van der Waals surface area contributed by atoms with Crippen LogP contribution in [0.15, 0.2) is 29.4 Å². The molecule has 0 spiro atoms. The van der Waals surface area contributed by atoms with E-state index in [1.165, 1.54) is 12.3 Å². The highest BCUT2D eigenvalue weighted by Crippen LogP contribution is 2.26. The number of carbonyl (C=O) groups excluding carboxylic acids is 1. The SMILES string of the molecule is CCOc1cc(/C=N\NC(=O)c2cc(C(C)(C)C)[nH]n2)ccc1O. The van der Waals surface area contributed by atoms with Crippen LogP contribution in [0.1, 0.15) is 49.4 Å². The van der Waals surface area contributed by atoms with Crippen LogP contribution in [-0.4, -0.2) is 34.0 Å². The Morgan fingerprint density at radius 2 is 2.17 bits per heavy atom. The molecule has 7 nitrogen and oxygen atoms in total. The minimum atomic E-state index is -0.401. The number of hydrazone groups is 1. The number of phenolic OH excluding ortho intramolecular Hbond substituents is 1. The van der Waals surface area contributed by atoms with Crippen LogP contribution in [0.5, 0.6) is 11.5 Å². The van der Waals surface area contributed by atoms with Crippen molar-refractivity contribution in [3.05, 3.63) is 41.2 Å². The van der Waals surface area contributed by atoms with Crippen molar-refractivity contribution in [2.24, 2.45) is 5.10 Å². The smallest absolute Gasteiger partial charge is 0.291 e. The van der Waals surface area contributed by atoms with Crippen molar-refractivity contribution in [1.29, 1.82) is 0 Å². The number of nitrogens with zero attached hydrogens (tertiary/aromatic N) is 2. The minimum absolute atomic E-state index is 0.0595. The van der Waals surface area contributed by atoms with Crippen molar-refractivity contribution in [1.82, 2.24) is 15.6 Å². The number of amides is 1. The van der Waals surface area contributed by atoms with Gasteiger partial charge >= 0.3 is 0 Å². The molecule has 0 aliphatic rings. The number of aromatic hydroxyl groups is 1. The van der Waals surface area contributed by atoms with Crippen LogP contribution in [-0.2, 0) is 5.41 Å². The van der Waals surface area contributed by atoms with Gasteiger partial charge in [-0.1, -0.05) is 20.8 Å². The lowest BCUT2D eigenvalue weighted by atomic mass is 9.92. The summed E-state index contributed by atoms with van der Waals surface area (Å²) in [5.74, 6) is 0.0287. The number of ether oxygens (including phenoxy) is 1. The maximum atomic E-state index is 12.0. The van der Waals surface area contributed by atoms with Crippen molar-refractivity contribution in [3.63, 3.8) is 0 Å². The highest BCUT2D eigenvalue weighted by Gasteiger charge is 2.19. The molecule has 2 aromatic rings. The Morgan fingerprint density at radius 3 is 2.79 bits per heavy atom. The van der Waals surface area contributed by atoms with Gasteiger partial charge in [-0.2, -0.15) is 10.2 Å². The zero-order valence-electron chi connectivity index (χ0n) is 14.3. The zero-order valence-corrected chi connectivity index (χ0v) is 14.3. The van der Waals surface area contributed by atoms with Gasteiger partial charge in [-0.15, -0.1) is 0 Å². The number of H-pyrrole nitrogens is 1. The monoisotopic (exact) mass is 330 g/mol. The standard InChI is InChI=1S/C17H22N4O3/c1-5-24-14-8-11(6-7-13(14)22)10-18-21-16(23)12-9-15(20-19-12)17(2,3)4/h6-10,22H,5H2,1-4H3,(H,19,20)(H,21,23)/b18-10-. The molecule has 7 heteroatoms. The van der Waals surface area contributed by atoms with Gasteiger partial charge in [0.15, 0.2) is 17.2 Å². The summed E-state index contributed by atoms with van der Waals surface area (Å²) in [5.41, 5.74) is 4.14. The topological polar surface area (TPSA) is 99.6 Å². The minimum Gasteiger partial charge on any atom is -0.504 e. The second kappa shape index (κ2) is 7.16. The van der Waals surface area contributed by atoms with Crippen molar-refractivity contribution < 1.29 is 14.6 Å². The predicted octanol–water partition coefficient (Wildman–Crippen LogP) is 2.58. The first kappa shape index (κ1) is 17.5. The van der Waals surface area contributed by atoms with Crippen LogP contribution < -0.4 is 10.2 Å². The molecule has 0 aliphatic carbocycles. The largest absolute Gasteiger partial charge is 0.504 e. The molecule has 0 aliphatic heterocycles. The molecule has 0 saturated carbocycles. The summed E-state index contributed by atoms with van der Waals surface area (Å²) in [7, 11) is 0. The third-order valence-electron chi connectivity index (χ3n) is 3.28. The Morgan fingerprint density at radius 1 is 1.42 bits per heavy atom. The van der Waals surface area contributed by atoms with E-state index < -0.39 is 5.91 Å². The maximum absolute atomic E-state index is 12.0. The normalized spacial score (nSPS) is 11.7. The molecule has 1 aromatic heterocycles. The number of phenols is 1. The van der Waals surface area contributed by atoms with Crippen LogP contribution in [0, 0.1) is 0 Å². The first-order valence-electron chi connectivity index (χ1n) is 7.66. The maximum Gasteiger partial charge on any atom is 0.291 e. The first-order valence-corrected chi connectivity index (χ1v) is 7.66. The Kier molecular flexibility index (Phi) is 5.23. The van der Waals surface area contributed by atoms with Crippen LogP contribution in [0.3, 0.4) is 0 Å². The molecule has 0 unspecified atom stereocenters. The van der Waals surface area contributed by atoms with Crippen LogP contribution in [0.25, 0.3) is 0 Å². The average molecular weight is 330 g/mol. The fourth-order valence-electron chi connectivity index (χ4n) is 1.93. The number of hydrogen-bond acceptors (Lipinski definition) is 5. The lowest BCUT2D eigenvalue weighted by Gasteiger charge is -2.14. The van der Waals surface area contributed by atoms with E-state index in [2.05, 4.69) is 20.7 Å². The van der Waals surface area contributed by atoms with Gasteiger partial charge in [-0.25, -0.2) is 5.43 Å². The number of carbonyl (C=O) groups is 1. The van der Waals surface area contributed by atoms with Crippen LogP contribution in [0.4, 0.5) is 0 Å². The molecule has 2 rings (SSSR count). The Hall–Kier alpha value is -2.83. The predicted molar refractivity (Wildman–Crippen MR) is 91.6 cm³/mol. The summed E-state index contributed by atoms with van der Waals surface area (Å²) in [5, 5.41) is 20.4. The van der Waals surface area contributed by atoms with Gasteiger partial charge in [0, 0.05) is 11.1 Å². The quantitative estimate of drug-likeness (QED) is 0.579. The van der Waals surface area contributed by atoms with Crippen molar-refractivity contribution in [2.75, 3.05) is 6.61 Å². The van der Waals surface area contributed by atoms with Gasteiger partial charge in [0.05, 0.1) is 12.8 Å². The van der Waals surface area contributed by atoms with Gasteiger partial charge in [-0.3, -0.25) is 9.89 Å². The molecule has 0 atom stereocenters. The van der Waals surface area contributed by atoms with E-state index >= 15 is 0 Å². The highest BCUT2D eigenvalue weighted by atomic mass is 16.5. The van der Waals surface area contributed by atoms with Gasteiger partial charge in [-0.05, 0) is 36.8 Å². The molecule has 1 heterocycles. The number of benzene rings is 1. The van der Waals surface area contributed by atoms with E-state index in [9.17, 15) is 9.90 Å². The molecule has 24 heavy (non-hydrogen) atoms. The molecule has 1 amide bonds. The summed E-state index contributed by atoms with van der Waals surface area (Å²) in [6, 6.07) is 6.52. The Balaban J connectivity index is 2.02. The highest BCUT2D eigenvalue weighted by molar-refractivity contribution is 5.93. The third kappa shape index (κ3) is 4.34. The second-order valence-electron chi connectivity index (χ2n) is 6.28. The number of nitrogens with one attached hydrogen (secondary N) is 2. The molecule has 3 N–H and O–H groups in total. The molecule has 0 saturated heterocycles. The van der Waals surface area contributed by atoms with Crippen molar-refractivity contribution >= 4 is 12.1 Å². The number of rotatable bonds is 5. The summed E-state index contributed by atoms with van der Waals surface area (Å²) in [6.07, 6.45) is 1.47. The average Bonchev–Trinajstić information content (AvgIpc) is 3.01. The van der Waals surface area contributed by atoms with Gasteiger partial charge in [0.2, 0.25) is 0 Å². The zero-order chi connectivity index (χ0) is 17.7. The summed E-state index contributed by atoms with van der Waals surface area (Å²) in [6.45, 7) is 8.36. The fourth-order valence-corrected chi connectivity index (χ4v) is 1.93. The fraction of sp³-hybridized carbons (Fsp3) is 0.353. The molecule has 0 radical (unpaired) electrons. The molecule has 1 aromatic carbocycles. The van der Waals surface area contributed by atoms with E-state index in [-0.39, 0.29) is 16.9 Å². The van der Waals surface area contributed by atoms with Crippen molar-refractivity contribution in [2.45, 2.75) is 33.1 Å². The first-order chi connectivity index (χ1) is 11.3. The lowest BCUT2D eigenvalue weighted by Crippen LogP contribution is -2.18. The summed E-state index contributed by atoms with van der Waals surface area (Å²) < 4.78 is 5.30. The molecule has 0 fully saturated rings. The number of aromatic amines is 1. The van der Waals surface area contributed by atoms with Crippen LogP contribution >= 0.6 is 0 Å². The molecule has 128 valence electrons. The number of hydrogen-bond donors (Lipinski definition) is 3. The van der Waals surface area contributed by atoms with Gasteiger partial charge in [0.25, 0.3) is 5.91 Å². The van der Waals surface area contributed by atoms with E-state index in [0.29, 0.717) is 17.9 Å². The second-order valence-corrected chi connectivity index (χ2v) is 6.28. The summed E-state index contributed by atoms with van der Waals surface area (Å²) >= 11 is 0. The van der Waals surface area contributed by atoms with Crippen LogP contribution in [0.2, 0.25) is 0 Å². The molecular formula is C17H22N4O3. The van der Waals surface area contributed by atoms with E-state index in [1.54, 1.807) is 18.2 Å². The van der Waals surface area contributed by atoms with E-state index in [0.717, 1.165) is 5.69 Å². The lowest BCUT2D eigenvalue weighted by molar-refractivity contribution is 0.0950. The van der Waals surface area contributed by atoms with Gasteiger partial charge < -0.3 is 9.84 Å². The number of aromatic nitrogens is 2. The summed E-state index contributed by atoms with van der Waals surface area (Å²) in [4.78, 5) is 12.0. The molecular weight excluding hydrogens is 308 g/mol. The third-order valence-corrected chi connectivity index (χ3v) is 3.28. The van der Waals surface area contributed by atoms with Crippen molar-refractivity contribution in [3.8, 4) is 11.5 Å². The Labute approximate surface area is 140 Å². The van der Waals surface area contributed by atoms with E-state index in [4.69, 9.17) is 4.74 Å². The Bertz CT molecular complexity index is 745. The van der Waals surface area contributed by atoms with Gasteiger partial charge in [0.1, 0.15) is 0 Å².